The molecule has 4 heteroatoms. The first-order chi connectivity index (χ1) is 9.20. The maximum absolute atomic E-state index is 12.5. The van der Waals surface area contributed by atoms with E-state index in [-0.39, 0.29) is 18.3 Å². The number of amides is 1. The Morgan fingerprint density at radius 3 is 2.50 bits per heavy atom. The number of piperidine rings is 1. The van der Waals surface area contributed by atoms with Crippen LogP contribution in [0.4, 0.5) is 0 Å². The Morgan fingerprint density at radius 2 is 1.90 bits per heavy atom. The lowest BCUT2D eigenvalue weighted by atomic mass is 9.77. The van der Waals surface area contributed by atoms with Crippen LogP contribution in [0.15, 0.2) is 24.3 Å². The molecule has 0 unspecified atom stereocenters. The second-order valence-corrected chi connectivity index (χ2v) is 6.03. The molecule has 110 valence electrons. The molecule has 3 nitrogen and oxygen atoms in total. The van der Waals surface area contributed by atoms with E-state index in [1.54, 1.807) is 0 Å². The van der Waals surface area contributed by atoms with Crippen LogP contribution in [0.5, 0.6) is 0 Å². The summed E-state index contributed by atoms with van der Waals surface area (Å²) in [5.74, 6) is 0.207. The van der Waals surface area contributed by atoms with Gasteiger partial charge < -0.3 is 10.2 Å². The third-order valence-electron chi connectivity index (χ3n) is 4.82. The molecule has 2 fully saturated rings. The Morgan fingerprint density at radius 1 is 1.20 bits per heavy atom. The predicted molar refractivity (Wildman–Crippen MR) is 83.5 cm³/mol. The van der Waals surface area contributed by atoms with Gasteiger partial charge in [0, 0.05) is 25.2 Å². The smallest absolute Gasteiger partial charge is 0.254 e. The van der Waals surface area contributed by atoms with Crippen molar-refractivity contribution >= 4 is 18.3 Å². The van der Waals surface area contributed by atoms with Gasteiger partial charge in [-0.15, -0.1) is 12.4 Å². The summed E-state index contributed by atoms with van der Waals surface area (Å²) in [6.45, 7) is 6.12. The number of benzene rings is 1. The Bertz CT molecular complexity index is 473. The number of carbonyl (C=O) groups excluding carboxylic acids is 1. The minimum atomic E-state index is 0. The van der Waals surface area contributed by atoms with Gasteiger partial charge in [0.25, 0.3) is 5.91 Å². The number of halogens is 1. The minimum absolute atomic E-state index is 0. The number of hydrogen-bond acceptors (Lipinski definition) is 2. The van der Waals surface area contributed by atoms with Crippen molar-refractivity contribution in [3.63, 3.8) is 0 Å². The van der Waals surface area contributed by atoms with Crippen molar-refractivity contribution in [1.82, 2.24) is 10.2 Å². The van der Waals surface area contributed by atoms with E-state index in [0.29, 0.717) is 5.41 Å². The predicted octanol–water partition coefficient (Wildman–Crippen LogP) is 2.63. The van der Waals surface area contributed by atoms with Gasteiger partial charge in [-0.1, -0.05) is 18.2 Å². The molecule has 0 radical (unpaired) electrons. The first-order valence-electron chi connectivity index (χ1n) is 7.26. The highest BCUT2D eigenvalue weighted by molar-refractivity contribution is 5.95. The van der Waals surface area contributed by atoms with Crippen molar-refractivity contribution in [2.75, 3.05) is 26.2 Å². The van der Waals surface area contributed by atoms with E-state index >= 15 is 0 Å². The van der Waals surface area contributed by atoms with Crippen LogP contribution in [0.2, 0.25) is 0 Å². The SMILES string of the molecule is Cc1ccccc1C(=O)N1CCC2(CCNC2)CC1.Cl. The second kappa shape index (κ2) is 6.15. The molecule has 1 amide bonds. The molecule has 3 rings (SSSR count). The van der Waals surface area contributed by atoms with Crippen molar-refractivity contribution in [2.45, 2.75) is 26.2 Å². The maximum Gasteiger partial charge on any atom is 0.254 e. The molecule has 2 aliphatic heterocycles. The largest absolute Gasteiger partial charge is 0.339 e. The van der Waals surface area contributed by atoms with Crippen molar-refractivity contribution in [1.29, 1.82) is 0 Å². The Labute approximate surface area is 127 Å². The van der Waals surface area contributed by atoms with Crippen molar-refractivity contribution in [2.24, 2.45) is 5.41 Å². The topological polar surface area (TPSA) is 32.3 Å². The van der Waals surface area contributed by atoms with Crippen LogP contribution < -0.4 is 5.32 Å². The van der Waals surface area contributed by atoms with E-state index in [2.05, 4.69) is 5.32 Å². The third-order valence-corrected chi connectivity index (χ3v) is 4.82. The number of carbonyl (C=O) groups is 1. The van der Waals surface area contributed by atoms with Crippen LogP contribution in [-0.2, 0) is 0 Å². The summed E-state index contributed by atoms with van der Waals surface area (Å²) in [6, 6.07) is 7.90. The highest BCUT2D eigenvalue weighted by Crippen LogP contribution is 2.37. The molecule has 1 aromatic carbocycles. The molecule has 2 aliphatic rings. The van der Waals surface area contributed by atoms with Gasteiger partial charge in [-0.25, -0.2) is 0 Å². The standard InChI is InChI=1S/C16H22N2O.ClH/c1-13-4-2-3-5-14(13)15(19)18-10-7-16(8-11-18)6-9-17-12-16;/h2-5,17H,6-12H2,1H3;1H. The normalized spacial score (nSPS) is 20.8. The quantitative estimate of drug-likeness (QED) is 0.863. The highest BCUT2D eigenvalue weighted by Gasteiger charge is 2.38. The lowest BCUT2D eigenvalue weighted by Gasteiger charge is -2.39. The zero-order chi connectivity index (χ0) is 13.3. The summed E-state index contributed by atoms with van der Waals surface area (Å²) in [4.78, 5) is 14.6. The first-order valence-corrected chi connectivity index (χ1v) is 7.26. The minimum Gasteiger partial charge on any atom is -0.339 e. The van der Waals surface area contributed by atoms with Gasteiger partial charge in [-0.05, 0) is 49.8 Å². The van der Waals surface area contributed by atoms with E-state index in [1.165, 1.54) is 6.42 Å². The maximum atomic E-state index is 12.5. The fourth-order valence-electron chi connectivity index (χ4n) is 3.39. The van der Waals surface area contributed by atoms with Gasteiger partial charge in [0.1, 0.15) is 0 Å². The molecular formula is C16H23ClN2O. The van der Waals surface area contributed by atoms with Crippen LogP contribution in [0.1, 0.15) is 35.2 Å². The van der Waals surface area contributed by atoms with Gasteiger partial charge in [0.2, 0.25) is 0 Å². The summed E-state index contributed by atoms with van der Waals surface area (Å²) in [5.41, 5.74) is 2.42. The Hall–Kier alpha value is -1.06. The van der Waals surface area contributed by atoms with Crippen LogP contribution in [0.3, 0.4) is 0 Å². The molecule has 2 saturated heterocycles. The molecular weight excluding hydrogens is 272 g/mol. The molecule has 1 N–H and O–H groups in total. The monoisotopic (exact) mass is 294 g/mol. The molecule has 20 heavy (non-hydrogen) atoms. The molecule has 0 bridgehead atoms. The van der Waals surface area contributed by atoms with Crippen LogP contribution in [0.25, 0.3) is 0 Å². The number of nitrogens with zero attached hydrogens (tertiary/aromatic N) is 1. The van der Waals surface area contributed by atoms with Crippen LogP contribution >= 0.6 is 12.4 Å². The zero-order valence-electron chi connectivity index (χ0n) is 12.0. The number of hydrogen-bond donors (Lipinski definition) is 1. The summed E-state index contributed by atoms with van der Waals surface area (Å²) in [6.07, 6.45) is 3.58. The Kier molecular flexibility index (Phi) is 4.71. The van der Waals surface area contributed by atoms with Crippen LogP contribution in [0, 0.1) is 12.3 Å². The summed E-state index contributed by atoms with van der Waals surface area (Å²) < 4.78 is 0. The number of aryl methyl sites for hydroxylation is 1. The summed E-state index contributed by atoms with van der Waals surface area (Å²) in [7, 11) is 0. The molecule has 0 aromatic heterocycles. The molecule has 2 heterocycles. The lowest BCUT2D eigenvalue weighted by molar-refractivity contribution is 0.0607. The van der Waals surface area contributed by atoms with E-state index < -0.39 is 0 Å². The van der Waals surface area contributed by atoms with Crippen molar-refractivity contribution in [3.8, 4) is 0 Å². The Balaban J connectivity index is 0.00000147. The highest BCUT2D eigenvalue weighted by atomic mass is 35.5. The van der Waals surface area contributed by atoms with Crippen LogP contribution in [-0.4, -0.2) is 37.0 Å². The third kappa shape index (κ3) is 2.84. The fraction of sp³-hybridized carbons (Fsp3) is 0.562. The van der Waals surface area contributed by atoms with Gasteiger partial charge in [0.05, 0.1) is 0 Å². The van der Waals surface area contributed by atoms with E-state index in [4.69, 9.17) is 0 Å². The number of likely N-dealkylation sites (tertiary alicyclic amines) is 1. The second-order valence-electron chi connectivity index (χ2n) is 6.03. The molecule has 1 spiro atoms. The number of rotatable bonds is 1. The summed E-state index contributed by atoms with van der Waals surface area (Å²) in [5, 5.41) is 3.46. The van der Waals surface area contributed by atoms with E-state index in [0.717, 1.165) is 50.1 Å². The fourth-order valence-corrected chi connectivity index (χ4v) is 3.39. The molecule has 1 aromatic rings. The first kappa shape index (κ1) is 15.3. The average Bonchev–Trinajstić information content (AvgIpc) is 2.88. The van der Waals surface area contributed by atoms with Gasteiger partial charge >= 0.3 is 0 Å². The lowest BCUT2D eigenvalue weighted by Crippen LogP contribution is -2.44. The van der Waals surface area contributed by atoms with Crippen molar-refractivity contribution in [3.05, 3.63) is 35.4 Å². The van der Waals surface area contributed by atoms with E-state index in [1.807, 2.05) is 36.1 Å². The van der Waals surface area contributed by atoms with Crippen molar-refractivity contribution < 1.29 is 4.79 Å². The molecule has 0 saturated carbocycles. The molecule has 0 aliphatic carbocycles. The van der Waals surface area contributed by atoms with E-state index in [9.17, 15) is 4.79 Å². The average molecular weight is 295 g/mol. The zero-order valence-corrected chi connectivity index (χ0v) is 12.8. The number of nitrogens with one attached hydrogen (secondary N) is 1. The molecule has 0 atom stereocenters. The summed E-state index contributed by atoms with van der Waals surface area (Å²) >= 11 is 0. The van der Waals surface area contributed by atoms with Gasteiger partial charge in [-0.2, -0.15) is 0 Å². The van der Waals surface area contributed by atoms with Gasteiger partial charge in [-0.3, -0.25) is 4.79 Å². The van der Waals surface area contributed by atoms with Gasteiger partial charge in [0.15, 0.2) is 0 Å².